The lowest BCUT2D eigenvalue weighted by Gasteiger charge is -2.11. The summed E-state index contributed by atoms with van der Waals surface area (Å²) < 4.78 is 5.60. The van der Waals surface area contributed by atoms with Gasteiger partial charge in [-0.25, -0.2) is 0 Å². The van der Waals surface area contributed by atoms with Crippen LogP contribution in [0.5, 0.6) is 11.5 Å². The minimum Gasteiger partial charge on any atom is -0.508 e. The Hall–Kier alpha value is -4.28. The fraction of sp³-hybridized carbons (Fsp3) is 0.0417. The lowest BCUT2D eigenvalue weighted by Crippen LogP contribution is -2.20. The Morgan fingerprint density at radius 2 is 1.69 bits per heavy atom. The van der Waals surface area contributed by atoms with Crippen molar-refractivity contribution in [3.8, 4) is 17.6 Å². The molecule has 160 valence electrons. The van der Waals surface area contributed by atoms with Gasteiger partial charge in [0, 0.05) is 11.3 Å². The maximum Gasteiger partial charge on any atom is 0.266 e. The maximum atomic E-state index is 12.5. The summed E-state index contributed by atoms with van der Waals surface area (Å²) in [6, 6.07) is 21.3. The lowest BCUT2D eigenvalue weighted by atomic mass is 10.1. The van der Waals surface area contributed by atoms with Crippen LogP contribution in [0.15, 0.2) is 78.4 Å². The summed E-state index contributed by atoms with van der Waals surface area (Å²) in [5.74, 6) is -0.650. The Kier molecular flexibility index (Phi) is 7.46. The molecular weight excluding hydrogens is 430 g/mol. The van der Waals surface area contributed by atoms with Crippen LogP contribution in [0.4, 0.5) is 11.4 Å². The summed E-state index contributed by atoms with van der Waals surface area (Å²) >= 11 is 6.04. The number of carbonyl (C=O) groups excluding carboxylic acids is 2. The van der Waals surface area contributed by atoms with Crippen LogP contribution in [0, 0.1) is 11.3 Å². The molecule has 3 aromatic rings. The van der Waals surface area contributed by atoms with Gasteiger partial charge in [0.15, 0.2) is 6.61 Å². The zero-order chi connectivity index (χ0) is 22.9. The van der Waals surface area contributed by atoms with Crippen LogP contribution >= 0.6 is 11.6 Å². The van der Waals surface area contributed by atoms with Crippen molar-refractivity contribution in [3.63, 3.8) is 0 Å². The molecule has 2 amide bonds. The molecule has 0 aliphatic heterocycles. The second-order valence-corrected chi connectivity index (χ2v) is 6.93. The van der Waals surface area contributed by atoms with E-state index in [1.165, 1.54) is 30.3 Å². The summed E-state index contributed by atoms with van der Waals surface area (Å²) in [6.07, 6.45) is 1.37. The lowest BCUT2D eigenvalue weighted by molar-refractivity contribution is -0.118. The van der Waals surface area contributed by atoms with Crippen molar-refractivity contribution in [1.29, 1.82) is 5.26 Å². The molecule has 0 aliphatic rings. The number of nitrogens with zero attached hydrogens (tertiary/aromatic N) is 1. The normalized spacial score (nSPS) is 10.7. The van der Waals surface area contributed by atoms with Gasteiger partial charge >= 0.3 is 0 Å². The quantitative estimate of drug-likeness (QED) is 0.278. The number of carbonyl (C=O) groups is 2. The molecule has 0 heterocycles. The number of amides is 2. The van der Waals surface area contributed by atoms with E-state index in [4.69, 9.17) is 16.3 Å². The van der Waals surface area contributed by atoms with Crippen LogP contribution in [0.2, 0.25) is 5.02 Å². The third-order valence-corrected chi connectivity index (χ3v) is 4.55. The van der Waals surface area contributed by atoms with Gasteiger partial charge in [0.25, 0.3) is 11.8 Å². The Bertz CT molecular complexity index is 1200. The molecule has 0 aromatic heterocycles. The van der Waals surface area contributed by atoms with E-state index in [0.717, 1.165) is 0 Å². The minimum absolute atomic E-state index is 0.0590. The summed E-state index contributed by atoms with van der Waals surface area (Å²) in [5, 5.41) is 24.4. The van der Waals surface area contributed by atoms with Crippen molar-refractivity contribution in [2.45, 2.75) is 0 Å². The molecule has 0 aliphatic carbocycles. The summed E-state index contributed by atoms with van der Waals surface area (Å²) in [4.78, 5) is 24.7. The highest BCUT2D eigenvalue weighted by molar-refractivity contribution is 6.33. The molecule has 3 N–H and O–H groups in total. The zero-order valence-electron chi connectivity index (χ0n) is 16.7. The first-order chi connectivity index (χ1) is 15.5. The maximum absolute atomic E-state index is 12.5. The van der Waals surface area contributed by atoms with Crippen molar-refractivity contribution in [2.24, 2.45) is 0 Å². The summed E-state index contributed by atoms with van der Waals surface area (Å²) in [5.41, 5.74) is 1.19. The van der Waals surface area contributed by atoms with Gasteiger partial charge in [0.1, 0.15) is 23.1 Å². The van der Waals surface area contributed by atoms with Crippen LogP contribution in [-0.4, -0.2) is 23.5 Å². The van der Waals surface area contributed by atoms with Crippen molar-refractivity contribution >= 4 is 40.9 Å². The molecule has 0 spiro atoms. The number of benzene rings is 3. The largest absolute Gasteiger partial charge is 0.508 e. The summed E-state index contributed by atoms with van der Waals surface area (Å²) in [6.45, 7) is -0.294. The molecule has 0 fully saturated rings. The van der Waals surface area contributed by atoms with E-state index in [2.05, 4.69) is 10.6 Å². The van der Waals surface area contributed by atoms with Gasteiger partial charge < -0.3 is 20.5 Å². The van der Waals surface area contributed by atoms with E-state index in [1.807, 2.05) is 6.07 Å². The number of anilines is 2. The number of halogens is 1. The average molecular weight is 448 g/mol. The van der Waals surface area contributed by atoms with Crippen molar-refractivity contribution in [3.05, 3.63) is 89.0 Å². The standard InChI is InChI=1S/C24H18ClN3O4/c25-20-6-2-3-7-21(20)28-23(30)15-32-22-8-4-1-5-16(22)13-17(14-26)24(31)27-18-9-11-19(29)12-10-18/h1-13,29H,15H2,(H,27,31)(H,28,30)/b17-13+. The molecule has 0 saturated heterocycles. The first-order valence-electron chi connectivity index (χ1n) is 9.44. The van der Waals surface area contributed by atoms with Gasteiger partial charge in [-0.1, -0.05) is 41.9 Å². The molecule has 0 radical (unpaired) electrons. The fourth-order valence-corrected chi connectivity index (χ4v) is 2.85. The number of phenolic OH excluding ortho intramolecular Hbond substituents is 1. The Labute approximate surface area is 189 Å². The Balaban J connectivity index is 1.70. The van der Waals surface area contributed by atoms with E-state index in [-0.39, 0.29) is 17.9 Å². The third-order valence-electron chi connectivity index (χ3n) is 4.22. The minimum atomic E-state index is -0.621. The second kappa shape index (κ2) is 10.7. The van der Waals surface area contributed by atoms with Gasteiger partial charge in [0.2, 0.25) is 0 Å². The van der Waals surface area contributed by atoms with Crippen LogP contribution < -0.4 is 15.4 Å². The molecule has 7 nitrogen and oxygen atoms in total. The molecule has 0 bridgehead atoms. The molecule has 32 heavy (non-hydrogen) atoms. The van der Waals surface area contributed by atoms with Crippen molar-refractivity contribution in [2.75, 3.05) is 17.2 Å². The Morgan fingerprint density at radius 1 is 1.00 bits per heavy atom. The predicted molar refractivity (Wildman–Crippen MR) is 122 cm³/mol. The van der Waals surface area contributed by atoms with Crippen molar-refractivity contribution < 1.29 is 19.4 Å². The number of nitrogens with one attached hydrogen (secondary N) is 2. The number of nitriles is 1. The van der Waals surface area contributed by atoms with E-state index in [1.54, 1.807) is 48.5 Å². The topological polar surface area (TPSA) is 111 Å². The number of hydrogen-bond donors (Lipinski definition) is 3. The highest BCUT2D eigenvalue weighted by atomic mass is 35.5. The predicted octanol–water partition coefficient (Wildman–Crippen LogP) is 4.61. The van der Waals surface area contributed by atoms with E-state index in [9.17, 15) is 20.0 Å². The van der Waals surface area contributed by atoms with E-state index in [0.29, 0.717) is 27.7 Å². The summed E-state index contributed by atoms with van der Waals surface area (Å²) in [7, 11) is 0. The highest BCUT2D eigenvalue weighted by Gasteiger charge is 2.12. The van der Waals surface area contributed by atoms with Crippen LogP contribution in [0.25, 0.3) is 6.08 Å². The van der Waals surface area contributed by atoms with Gasteiger partial charge in [0.05, 0.1) is 10.7 Å². The van der Waals surface area contributed by atoms with Gasteiger partial charge in [-0.3, -0.25) is 9.59 Å². The number of ether oxygens (including phenoxy) is 1. The molecule has 0 atom stereocenters. The molecule has 0 unspecified atom stereocenters. The van der Waals surface area contributed by atoms with Crippen LogP contribution in [-0.2, 0) is 9.59 Å². The average Bonchev–Trinajstić information content (AvgIpc) is 2.79. The smallest absolute Gasteiger partial charge is 0.266 e. The number of para-hydroxylation sites is 2. The first kappa shape index (κ1) is 22.4. The zero-order valence-corrected chi connectivity index (χ0v) is 17.5. The number of aromatic hydroxyl groups is 1. The monoisotopic (exact) mass is 447 g/mol. The Morgan fingerprint density at radius 3 is 2.41 bits per heavy atom. The SMILES string of the molecule is N#C/C(=C\c1ccccc1OCC(=O)Nc1ccccc1Cl)C(=O)Nc1ccc(O)cc1. The molecule has 3 aromatic carbocycles. The number of phenols is 1. The van der Waals surface area contributed by atoms with E-state index >= 15 is 0 Å². The van der Waals surface area contributed by atoms with Gasteiger partial charge in [-0.05, 0) is 48.5 Å². The number of rotatable bonds is 7. The molecule has 3 rings (SSSR count). The van der Waals surface area contributed by atoms with Gasteiger partial charge in [-0.2, -0.15) is 5.26 Å². The van der Waals surface area contributed by atoms with Crippen LogP contribution in [0.3, 0.4) is 0 Å². The molecule has 0 saturated carbocycles. The third kappa shape index (κ3) is 6.11. The van der Waals surface area contributed by atoms with Gasteiger partial charge in [-0.15, -0.1) is 0 Å². The first-order valence-corrected chi connectivity index (χ1v) is 9.82. The second-order valence-electron chi connectivity index (χ2n) is 6.53. The van der Waals surface area contributed by atoms with Crippen LogP contribution in [0.1, 0.15) is 5.56 Å². The fourth-order valence-electron chi connectivity index (χ4n) is 2.67. The van der Waals surface area contributed by atoms with E-state index < -0.39 is 11.8 Å². The molecular formula is C24H18ClN3O4. The molecule has 8 heteroatoms. The highest BCUT2D eigenvalue weighted by Crippen LogP contribution is 2.23. The van der Waals surface area contributed by atoms with Crippen molar-refractivity contribution in [1.82, 2.24) is 0 Å². The number of hydrogen-bond acceptors (Lipinski definition) is 5.